The number of hydrogen-bond acceptors (Lipinski definition) is 5. The zero-order chi connectivity index (χ0) is 19.5. The van der Waals surface area contributed by atoms with E-state index in [4.69, 9.17) is 4.74 Å². The Bertz CT molecular complexity index is 807. The third-order valence-electron chi connectivity index (χ3n) is 5.48. The fourth-order valence-corrected chi connectivity index (χ4v) is 3.90. The number of piperidine rings is 1. The van der Waals surface area contributed by atoms with Crippen molar-refractivity contribution in [1.29, 1.82) is 0 Å². The Labute approximate surface area is 166 Å². The molecule has 150 valence electrons. The summed E-state index contributed by atoms with van der Waals surface area (Å²) >= 11 is 0. The number of aromatic nitrogens is 3. The molecule has 0 spiro atoms. The van der Waals surface area contributed by atoms with Gasteiger partial charge in [0.15, 0.2) is 0 Å². The molecule has 0 saturated carbocycles. The lowest BCUT2D eigenvalue weighted by Gasteiger charge is -2.32. The van der Waals surface area contributed by atoms with Crippen LogP contribution in [0.1, 0.15) is 54.6 Å². The van der Waals surface area contributed by atoms with Gasteiger partial charge in [-0.1, -0.05) is 13.8 Å². The maximum Gasteiger partial charge on any atom is 0.253 e. The Morgan fingerprint density at radius 3 is 2.64 bits per heavy atom. The second-order valence-corrected chi connectivity index (χ2v) is 8.10. The second kappa shape index (κ2) is 8.31. The number of hydrogen-bond donors (Lipinski definition) is 1. The van der Waals surface area contributed by atoms with E-state index in [1.807, 2.05) is 29.2 Å². The third-order valence-corrected chi connectivity index (χ3v) is 5.48. The van der Waals surface area contributed by atoms with Gasteiger partial charge in [0.2, 0.25) is 0 Å². The molecule has 2 aliphatic rings. The summed E-state index contributed by atoms with van der Waals surface area (Å²) in [5, 5.41) is 12.1. The van der Waals surface area contributed by atoms with Crippen LogP contribution >= 0.6 is 0 Å². The smallest absolute Gasteiger partial charge is 0.253 e. The summed E-state index contributed by atoms with van der Waals surface area (Å²) in [4.78, 5) is 14.8. The molecule has 28 heavy (non-hydrogen) atoms. The van der Waals surface area contributed by atoms with Crippen molar-refractivity contribution in [2.24, 2.45) is 5.92 Å². The molecular formula is C21H29N5O2. The van der Waals surface area contributed by atoms with Gasteiger partial charge in [0.25, 0.3) is 5.91 Å². The van der Waals surface area contributed by atoms with Crippen molar-refractivity contribution < 1.29 is 9.53 Å². The summed E-state index contributed by atoms with van der Waals surface area (Å²) < 4.78 is 7.96. The minimum Gasteiger partial charge on any atom is -0.493 e. The second-order valence-electron chi connectivity index (χ2n) is 8.10. The van der Waals surface area contributed by atoms with E-state index in [1.165, 1.54) is 0 Å². The van der Waals surface area contributed by atoms with Gasteiger partial charge in [-0.05, 0) is 43.0 Å². The van der Waals surface area contributed by atoms with Crippen molar-refractivity contribution in [3.8, 4) is 5.75 Å². The molecule has 2 aromatic rings. The van der Waals surface area contributed by atoms with Crippen molar-refractivity contribution in [3.63, 3.8) is 0 Å². The van der Waals surface area contributed by atoms with E-state index in [0.29, 0.717) is 18.4 Å². The van der Waals surface area contributed by atoms with Gasteiger partial charge >= 0.3 is 0 Å². The lowest BCUT2D eigenvalue weighted by atomic mass is 9.95. The molecule has 2 aliphatic heterocycles. The average molecular weight is 383 g/mol. The number of benzene rings is 1. The molecule has 1 aromatic carbocycles. The number of carbonyl (C=O) groups excluding carboxylic acids is 1. The molecule has 0 atom stereocenters. The molecular weight excluding hydrogens is 354 g/mol. The Morgan fingerprint density at radius 1 is 1.18 bits per heavy atom. The summed E-state index contributed by atoms with van der Waals surface area (Å²) in [6.07, 6.45) is 1.87. The molecule has 3 heterocycles. The standard InChI is InChI=1S/C21H29N5O2/c1-15(2)14-28-18-5-3-17(4-6-18)21(27)25-10-7-16(8-11-25)20-24-23-19-13-22-9-12-26(19)20/h3-6,15-16,22H,7-14H2,1-2H3. The highest BCUT2D eigenvalue weighted by Gasteiger charge is 2.29. The summed E-state index contributed by atoms with van der Waals surface area (Å²) in [6.45, 7) is 9.13. The first-order chi connectivity index (χ1) is 13.6. The zero-order valence-corrected chi connectivity index (χ0v) is 16.7. The Hall–Kier alpha value is -2.41. The summed E-state index contributed by atoms with van der Waals surface area (Å²) in [5.41, 5.74) is 0.723. The van der Waals surface area contributed by atoms with Crippen LogP contribution in [0, 0.1) is 5.92 Å². The highest BCUT2D eigenvalue weighted by molar-refractivity contribution is 5.94. The van der Waals surface area contributed by atoms with Crippen LogP contribution in [-0.4, -0.2) is 51.8 Å². The maximum atomic E-state index is 12.8. The number of rotatable bonds is 5. The lowest BCUT2D eigenvalue weighted by Crippen LogP contribution is -2.38. The fraction of sp³-hybridized carbons (Fsp3) is 0.571. The third kappa shape index (κ3) is 4.04. The molecule has 0 radical (unpaired) electrons. The first-order valence-corrected chi connectivity index (χ1v) is 10.3. The van der Waals surface area contributed by atoms with Crippen molar-refractivity contribution in [2.75, 3.05) is 26.2 Å². The molecule has 1 saturated heterocycles. The average Bonchev–Trinajstić information content (AvgIpc) is 3.16. The first kappa shape index (κ1) is 18.9. The highest BCUT2D eigenvalue weighted by Crippen LogP contribution is 2.28. The van der Waals surface area contributed by atoms with Crippen LogP contribution < -0.4 is 10.1 Å². The van der Waals surface area contributed by atoms with Crippen LogP contribution in [0.4, 0.5) is 0 Å². The molecule has 0 bridgehead atoms. The van der Waals surface area contributed by atoms with Crippen LogP contribution in [0.3, 0.4) is 0 Å². The van der Waals surface area contributed by atoms with E-state index >= 15 is 0 Å². The topological polar surface area (TPSA) is 72.3 Å². The molecule has 1 amide bonds. The quantitative estimate of drug-likeness (QED) is 0.859. The van der Waals surface area contributed by atoms with E-state index in [2.05, 4.69) is 33.9 Å². The number of likely N-dealkylation sites (tertiary alicyclic amines) is 1. The molecule has 1 aromatic heterocycles. The van der Waals surface area contributed by atoms with Crippen LogP contribution in [-0.2, 0) is 13.1 Å². The zero-order valence-electron chi connectivity index (χ0n) is 16.7. The van der Waals surface area contributed by atoms with Gasteiger partial charge in [0.05, 0.1) is 13.2 Å². The summed E-state index contributed by atoms with van der Waals surface area (Å²) in [6, 6.07) is 7.51. The van der Waals surface area contributed by atoms with E-state index in [-0.39, 0.29) is 5.91 Å². The largest absolute Gasteiger partial charge is 0.493 e. The van der Waals surface area contributed by atoms with Crippen molar-refractivity contribution in [1.82, 2.24) is 25.0 Å². The minimum absolute atomic E-state index is 0.0985. The molecule has 1 N–H and O–H groups in total. The molecule has 4 rings (SSSR count). The molecule has 0 aliphatic carbocycles. The maximum absolute atomic E-state index is 12.8. The van der Waals surface area contributed by atoms with Gasteiger partial charge in [-0.15, -0.1) is 10.2 Å². The predicted molar refractivity (Wildman–Crippen MR) is 106 cm³/mol. The van der Waals surface area contributed by atoms with Crippen molar-refractivity contribution in [3.05, 3.63) is 41.5 Å². The fourth-order valence-electron chi connectivity index (χ4n) is 3.90. The number of amides is 1. The van der Waals surface area contributed by atoms with Crippen LogP contribution in [0.15, 0.2) is 24.3 Å². The monoisotopic (exact) mass is 383 g/mol. The number of carbonyl (C=O) groups is 1. The van der Waals surface area contributed by atoms with Gasteiger partial charge in [-0.2, -0.15) is 0 Å². The Kier molecular flexibility index (Phi) is 5.62. The van der Waals surface area contributed by atoms with Gasteiger partial charge in [0.1, 0.15) is 17.4 Å². The van der Waals surface area contributed by atoms with E-state index < -0.39 is 0 Å². The number of nitrogens with zero attached hydrogens (tertiary/aromatic N) is 4. The number of fused-ring (bicyclic) bond motifs is 1. The first-order valence-electron chi connectivity index (χ1n) is 10.3. The summed E-state index contributed by atoms with van der Waals surface area (Å²) in [5.74, 6) is 3.90. The van der Waals surface area contributed by atoms with Gasteiger partial charge in [-0.3, -0.25) is 4.79 Å². The predicted octanol–water partition coefficient (Wildman–Crippen LogP) is 2.44. The Balaban J connectivity index is 1.34. The highest BCUT2D eigenvalue weighted by atomic mass is 16.5. The van der Waals surface area contributed by atoms with Crippen molar-refractivity contribution >= 4 is 5.91 Å². The number of ether oxygens (including phenoxy) is 1. The van der Waals surface area contributed by atoms with Gasteiger partial charge in [-0.25, -0.2) is 0 Å². The van der Waals surface area contributed by atoms with Crippen molar-refractivity contribution in [2.45, 2.75) is 45.7 Å². The van der Waals surface area contributed by atoms with Crippen LogP contribution in [0.2, 0.25) is 0 Å². The molecule has 7 heteroatoms. The van der Waals surface area contributed by atoms with E-state index in [0.717, 1.165) is 68.5 Å². The minimum atomic E-state index is 0.0985. The van der Waals surface area contributed by atoms with Crippen LogP contribution in [0.5, 0.6) is 5.75 Å². The normalized spacial score (nSPS) is 17.6. The van der Waals surface area contributed by atoms with Gasteiger partial charge in [0, 0.05) is 37.7 Å². The Morgan fingerprint density at radius 2 is 1.93 bits per heavy atom. The molecule has 7 nitrogen and oxygen atoms in total. The lowest BCUT2D eigenvalue weighted by molar-refractivity contribution is 0.0710. The number of nitrogens with one attached hydrogen (secondary N) is 1. The molecule has 1 fully saturated rings. The van der Waals surface area contributed by atoms with E-state index in [9.17, 15) is 4.79 Å². The summed E-state index contributed by atoms with van der Waals surface area (Å²) in [7, 11) is 0. The van der Waals surface area contributed by atoms with Gasteiger partial charge < -0.3 is 19.5 Å². The van der Waals surface area contributed by atoms with Crippen LogP contribution in [0.25, 0.3) is 0 Å². The molecule has 0 unspecified atom stereocenters. The SMILES string of the molecule is CC(C)COc1ccc(C(=O)N2CCC(c3nnc4n3CCNC4)CC2)cc1. The van der Waals surface area contributed by atoms with E-state index in [1.54, 1.807) is 0 Å².